The molecule has 0 unspecified atom stereocenters. The topological polar surface area (TPSA) is 111 Å². The fourth-order valence-corrected chi connectivity index (χ4v) is 2.70. The van der Waals surface area contributed by atoms with Crippen LogP contribution in [0, 0.1) is 6.92 Å². The molecule has 140 valence electrons. The molecule has 10 heteroatoms. The Morgan fingerprint density at radius 3 is 2.59 bits per heavy atom. The molecule has 9 nitrogen and oxygen atoms in total. The summed E-state index contributed by atoms with van der Waals surface area (Å²) in [6.45, 7) is 1.72. The van der Waals surface area contributed by atoms with Gasteiger partial charge in [-0.1, -0.05) is 11.6 Å². The number of hydrogen-bond donors (Lipinski definition) is 2. The molecule has 3 rings (SSSR count). The van der Waals surface area contributed by atoms with Crippen LogP contribution in [-0.4, -0.2) is 40.1 Å². The molecule has 27 heavy (non-hydrogen) atoms. The van der Waals surface area contributed by atoms with Crippen molar-refractivity contribution >= 4 is 23.2 Å². The van der Waals surface area contributed by atoms with E-state index < -0.39 is 5.91 Å². The van der Waals surface area contributed by atoms with Gasteiger partial charge in [0.2, 0.25) is 0 Å². The van der Waals surface area contributed by atoms with Gasteiger partial charge < -0.3 is 14.8 Å². The molecule has 0 aliphatic heterocycles. The molecule has 2 aromatic heterocycles. The van der Waals surface area contributed by atoms with Gasteiger partial charge in [0, 0.05) is 18.2 Å². The molecular weight excluding hydrogens is 374 g/mol. The lowest BCUT2D eigenvalue weighted by Gasteiger charge is -2.13. The van der Waals surface area contributed by atoms with Gasteiger partial charge in [0.05, 0.1) is 42.4 Å². The lowest BCUT2D eigenvalue weighted by molar-refractivity contribution is 0.102. The zero-order chi connectivity index (χ0) is 19.6. The van der Waals surface area contributed by atoms with Gasteiger partial charge in [0.25, 0.3) is 11.5 Å². The zero-order valence-electron chi connectivity index (χ0n) is 14.7. The van der Waals surface area contributed by atoms with Crippen molar-refractivity contribution in [3.8, 4) is 17.3 Å². The van der Waals surface area contributed by atoms with Crippen LogP contribution in [0.25, 0.3) is 5.82 Å². The van der Waals surface area contributed by atoms with Crippen LogP contribution in [0.5, 0.6) is 11.5 Å². The number of methoxy groups -OCH3 is 2. The van der Waals surface area contributed by atoms with Crippen molar-refractivity contribution in [1.82, 2.24) is 20.0 Å². The largest absolute Gasteiger partial charge is 0.495 e. The van der Waals surface area contributed by atoms with Gasteiger partial charge in [-0.3, -0.25) is 9.59 Å². The molecule has 2 N–H and O–H groups in total. The van der Waals surface area contributed by atoms with Crippen LogP contribution < -0.4 is 20.3 Å². The average molecular weight is 390 g/mol. The highest BCUT2D eigenvalue weighted by Gasteiger charge is 2.18. The Balaban J connectivity index is 1.92. The minimum absolute atomic E-state index is 0.328. The van der Waals surface area contributed by atoms with Gasteiger partial charge in [-0.05, 0) is 13.0 Å². The number of anilines is 1. The summed E-state index contributed by atoms with van der Waals surface area (Å²) in [4.78, 5) is 23.9. The second kappa shape index (κ2) is 7.50. The fraction of sp³-hybridized carbons (Fsp3) is 0.176. The number of rotatable bonds is 5. The lowest BCUT2D eigenvalue weighted by Crippen LogP contribution is -2.15. The molecule has 0 fully saturated rings. The first-order valence-electron chi connectivity index (χ1n) is 7.78. The van der Waals surface area contributed by atoms with E-state index in [2.05, 4.69) is 20.6 Å². The summed E-state index contributed by atoms with van der Waals surface area (Å²) >= 11 is 6.08. The molecule has 0 saturated carbocycles. The number of nitrogens with one attached hydrogen (secondary N) is 2. The quantitative estimate of drug-likeness (QED) is 0.691. The maximum Gasteiger partial charge on any atom is 0.264 e. The van der Waals surface area contributed by atoms with E-state index in [0.717, 1.165) is 0 Å². The molecule has 3 aromatic rings. The Morgan fingerprint density at radius 1 is 1.22 bits per heavy atom. The minimum Gasteiger partial charge on any atom is -0.495 e. The SMILES string of the molecule is COc1cc(NC(=O)c2cnn(-c3ccc(=O)[nH]n3)c2C)c(OC)cc1Cl. The number of ether oxygens (including phenoxy) is 2. The van der Waals surface area contributed by atoms with E-state index in [0.29, 0.717) is 39.3 Å². The van der Waals surface area contributed by atoms with Crippen molar-refractivity contribution in [2.24, 2.45) is 0 Å². The van der Waals surface area contributed by atoms with E-state index in [1.165, 1.54) is 37.2 Å². The number of nitrogens with zero attached hydrogens (tertiary/aromatic N) is 3. The van der Waals surface area contributed by atoms with Gasteiger partial charge in [-0.15, -0.1) is 0 Å². The summed E-state index contributed by atoms with van der Waals surface area (Å²) in [7, 11) is 2.95. The molecule has 0 aliphatic rings. The van der Waals surface area contributed by atoms with E-state index >= 15 is 0 Å². The number of aromatic nitrogens is 4. The Bertz CT molecular complexity index is 1040. The summed E-state index contributed by atoms with van der Waals surface area (Å²) < 4.78 is 11.9. The second-order valence-corrected chi connectivity index (χ2v) is 5.88. The maximum absolute atomic E-state index is 12.7. The molecule has 1 aromatic carbocycles. The molecule has 0 atom stereocenters. The van der Waals surface area contributed by atoms with Gasteiger partial charge >= 0.3 is 0 Å². The summed E-state index contributed by atoms with van der Waals surface area (Å²) in [6, 6.07) is 5.96. The van der Waals surface area contributed by atoms with Crippen molar-refractivity contribution < 1.29 is 14.3 Å². The lowest BCUT2D eigenvalue weighted by atomic mass is 10.2. The maximum atomic E-state index is 12.7. The van der Waals surface area contributed by atoms with Gasteiger partial charge in [-0.2, -0.15) is 10.2 Å². The van der Waals surface area contributed by atoms with Crippen LogP contribution in [0.1, 0.15) is 16.1 Å². The molecule has 1 amide bonds. The summed E-state index contributed by atoms with van der Waals surface area (Å²) in [6.07, 6.45) is 1.41. The number of H-pyrrole nitrogens is 1. The first-order chi connectivity index (χ1) is 12.9. The van der Waals surface area contributed by atoms with Crippen molar-refractivity contribution in [1.29, 1.82) is 0 Å². The number of hydrogen-bond acceptors (Lipinski definition) is 6. The van der Waals surface area contributed by atoms with Gasteiger partial charge in [0.15, 0.2) is 5.82 Å². The summed E-state index contributed by atoms with van der Waals surface area (Å²) in [5, 5.41) is 13.5. The van der Waals surface area contributed by atoms with Crippen LogP contribution >= 0.6 is 11.6 Å². The third kappa shape index (κ3) is 3.63. The monoisotopic (exact) mass is 389 g/mol. The third-order valence-corrected chi connectivity index (χ3v) is 4.15. The second-order valence-electron chi connectivity index (χ2n) is 5.48. The molecule has 2 heterocycles. The van der Waals surface area contributed by atoms with E-state index in [1.54, 1.807) is 19.1 Å². The number of amides is 1. The Hall–Kier alpha value is -3.33. The first-order valence-corrected chi connectivity index (χ1v) is 8.16. The van der Waals surface area contributed by atoms with Gasteiger partial charge in [0.1, 0.15) is 11.5 Å². The molecule has 0 bridgehead atoms. The minimum atomic E-state index is -0.397. The van der Waals surface area contributed by atoms with E-state index in [4.69, 9.17) is 21.1 Å². The van der Waals surface area contributed by atoms with Crippen LogP contribution in [0.3, 0.4) is 0 Å². The first kappa shape index (κ1) is 18.5. The Kier molecular flexibility index (Phi) is 5.13. The third-order valence-electron chi connectivity index (χ3n) is 3.86. The number of benzene rings is 1. The van der Waals surface area contributed by atoms with E-state index in [-0.39, 0.29) is 5.56 Å². The number of halogens is 1. The molecule has 0 saturated heterocycles. The number of carbonyl (C=O) groups excluding carboxylic acids is 1. The van der Waals surface area contributed by atoms with Crippen LogP contribution in [0.4, 0.5) is 5.69 Å². The van der Waals surface area contributed by atoms with E-state index in [1.807, 2.05) is 0 Å². The molecule has 0 aliphatic carbocycles. The Labute approximate surface area is 158 Å². The highest BCUT2D eigenvalue weighted by molar-refractivity contribution is 6.32. The zero-order valence-corrected chi connectivity index (χ0v) is 15.5. The fourth-order valence-electron chi connectivity index (χ4n) is 2.47. The van der Waals surface area contributed by atoms with Crippen molar-refractivity contribution in [3.63, 3.8) is 0 Å². The van der Waals surface area contributed by atoms with Crippen molar-refractivity contribution in [2.45, 2.75) is 6.92 Å². The predicted octanol–water partition coefficient (Wildman–Crippen LogP) is 2.19. The van der Waals surface area contributed by atoms with Crippen molar-refractivity contribution in [3.05, 3.63) is 57.1 Å². The van der Waals surface area contributed by atoms with Crippen molar-refractivity contribution in [2.75, 3.05) is 19.5 Å². The highest BCUT2D eigenvalue weighted by Crippen LogP contribution is 2.36. The molecule has 0 spiro atoms. The normalized spacial score (nSPS) is 10.5. The molecular formula is C17H16ClN5O4. The highest BCUT2D eigenvalue weighted by atomic mass is 35.5. The summed E-state index contributed by atoms with van der Waals surface area (Å²) in [5.41, 5.74) is 0.953. The van der Waals surface area contributed by atoms with Crippen LogP contribution in [0.2, 0.25) is 5.02 Å². The predicted molar refractivity (Wildman–Crippen MR) is 99.2 cm³/mol. The smallest absolute Gasteiger partial charge is 0.264 e. The molecule has 0 radical (unpaired) electrons. The summed E-state index contributed by atoms with van der Waals surface area (Å²) in [5.74, 6) is 0.780. The number of aromatic amines is 1. The van der Waals surface area contributed by atoms with Crippen LogP contribution in [0.15, 0.2) is 35.3 Å². The average Bonchev–Trinajstić information content (AvgIpc) is 3.05. The number of carbonyl (C=O) groups is 1. The van der Waals surface area contributed by atoms with Gasteiger partial charge in [-0.25, -0.2) is 9.78 Å². The standard InChI is InChI=1S/C17H16ClN5O4/c1-9-10(8-19-23(9)15-4-5-16(24)22-21-15)17(25)20-12-7-13(26-2)11(18)6-14(12)27-3/h4-8H,1-3H3,(H,20,25)(H,22,24). The van der Waals surface area contributed by atoms with E-state index in [9.17, 15) is 9.59 Å². The van der Waals surface area contributed by atoms with Crippen LogP contribution in [-0.2, 0) is 0 Å². The Morgan fingerprint density at radius 2 is 1.96 bits per heavy atom.